The Labute approximate surface area is 130 Å². The van der Waals surface area contributed by atoms with Gasteiger partial charge in [-0.05, 0) is 42.7 Å². The highest BCUT2D eigenvalue weighted by Crippen LogP contribution is 2.28. The third kappa shape index (κ3) is 4.01. The lowest BCUT2D eigenvalue weighted by Crippen LogP contribution is -2.09. The molecule has 116 valence electrons. The topological polar surface area (TPSA) is 44.8 Å². The van der Waals surface area contributed by atoms with Gasteiger partial charge in [-0.3, -0.25) is 4.79 Å². The average molecular weight is 300 g/mol. The van der Waals surface area contributed by atoms with Crippen LogP contribution in [-0.2, 0) is 11.2 Å². The van der Waals surface area contributed by atoms with Crippen molar-refractivity contribution in [2.75, 3.05) is 14.2 Å². The predicted molar refractivity (Wildman–Crippen MR) is 84.7 cm³/mol. The summed E-state index contributed by atoms with van der Waals surface area (Å²) in [6.07, 6.45) is 0.898. The summed E-state index contributed by atoms with van der Waals surface area (Å²) >= 11 is 0. The second-order valence-electron chi connectivity index (χ2n) is 4.93. The molecule has 4 heteroatoms. The molecule has 0 fully saturated rings. The van der Waals surface area contributed by atoms with Crippen LogP contribution < -0.4 is 14.2 Å². The number of benzene rings is 2. The van der Waals surface area contributed by atoms with Crippen LogP contribution in [-0.4, -0.2) is 20.2 Å². The van der Waals surface area contributed by atoms with E-state index in [-0.39, 0.29) is 5.97 Å². The number of ether oxygens (including phenoxy) is 3. The smallest absolute Gasteiger partial charge is 0.311 e. The van der Waals surface area contributed by atoms with Crippen LogP contribution in [0.25, 0.3) is 0 Å². The van der Waals surface area contributed by atoms with Crippen LogP contribution in [0.4, 0.5) is 0 Å². The quantitative estimate of drug-likeness (QED) is 0.604. The minimum absolute atomic E-state index is 0.246. The van der Waals surface area contributed by atoms with Crippen molar-refractivity contribution in [3.8, 4) is 17.2 Å². The maximum atomic E-state index is 11.9. The number of para-hydroxylation sites is 1. The average Bonchev–Trinajstić information content (AvgIpc) is 2.54. The molecule has 0 spiro atoms. The van der Waals surface area contributed by atoms with Crippen molar-refractivity contribution < 1.29 is 19.0 Å². The fraction of sp³-hybridized carbons (Fsp3) is 0.278. The molecule has 0 aliphatic rings. The predicted octanol–water partition coefficient (Wildman–Crippen LogP) is 3.55. The van der Waals surface area contributed by atoms with Crippen LogP contribution in [0.5, 0.6) is 17.2 Å². The van der Waals surface area contributed by atoms with Gasteiger partial charge in [-0.25, -0.2) is 0 Å². The number of methoxy groups -OCH3 is 2. The standard InChI is InChI=1S/C18H20O4/c1-13-6-4-5-7-15(13)22-18(19)11-9-14-8-10-16(20-2)17(12-14)21-3/h4-8,10,12H,9,11H2,1-3H3. The Kier molecular flexibility index (Phi) is 5.42. The number of esters is 1. The molecule has 0 bridgehead atoms. The fourth-order valence-electron chi connectivity index (χ4n) is 2.13. The van der Waals surface area contributed by atoms with Gasteiger partial charge in [0.15, 0.2) is 11.5 Å². The molecular formula is C18H20O4. The first-order valence-electron chi connectivity index (χ1n) is 7.11. The first-order valence-corrected chi connectivity index (χ1v) is 7.11. The molecule has 0 N–H and O–H groups in total. The third-order valence-electron chi connectivity index (χ3n) is 3.38. The normalized spacial score (nSPS) is 10.1. The van der Waals surface area contributed by atoms with Crippen molar-refractivity contribution in [1.29, 1.82) is 0 Å². The van der Waals surface area contributed by atoms with Crippen molar-refractivity contribution in [2.24, 2.45) is 0 Å². The minimum atomic E-state index is -0.246. The second-order valence-corrected chi connectivity index (χ2v) is 4.93. The van der Waals surface area contributed by atoms with Crippen LogP contribution in [0.15, 0.2) is 42.5 Å². The molecule has 22 heavy (non-hydrogen) atoms. The zero-order valence-electron chi connectivity index (χ0n) is 13.1. The van der Waals surface area contributed by atoms with Gasteiger partial charge >= 0.3 is 5.97 Å². The van der Waals surface area contributed by atoms with E-state index < -0.39 is 0 Å². The third-order valence-corrected chi connectivity index (χ3v) is 3.38. The number of hydrogen-bond acceptors (Lipinski definition) is 4. The number of hydrogen-bond donors (Lipinski definition) is 0. The van der Waals surface area contributed by atoms with E-state index in [1.807, 2.05) is 43.3 Å². The first-order chi connectivity index (χ1) is 10.6. The van der Waals surface area contributed by atoms with Gasteiger partial charge in [0.1, 0.15) is 5.75 Å². The van der Waals surface area contributed by atoms with Gasteiger partial charge in [0.25, 0.3) is 0 Å². The zero-order chi connectivity index (χ0) is 15.9. The monoisotopic (exact) mass is 300 g/mol. The van der Waals surface area contributed by atoms with Gasteiger partial charge < -0.3 is 14.2 Å². The lowest BCUT2D eigenvalue weighted by molar-refractivity contribution is -0.134. The molecule has 0 amide bonds. The highest BCUT2D eigenvalue weighted by Gasteiger charge is 2.09. The van der Waals surface area contributed by atoms with E-state index >= 15 is 0 Å². The Morgan fingerprint density at radius 3 is 2.36 bits per heavy atom. The van der Waals surface area contributed by atoms with Gasteiger partial charge in [0, 0.05) is 6.42 Å². The van der Waals surface area contributed by atoms with E-state index in [4.69, 9.17) is 14.2 Å². The summed E-state index contributed by atoms with van der Waals surface area (Å²) in [5, 5.41) is 0. The maximum absolute atomic E-state index is 11.9. The van der Waals surface area contributed by atoms with Crippen LogP contribution in [0.3, 0.4) is 0 Å². The molecule has 0 aliphatic carbocycles. The SMILES string of the molecule is COc1ccc(CCC(=O)Oc2ccccc2C)cc1OC. The van der Waals surface area contributed by atoms with Crippen LogP contribution >= 0.6 is 0 Å². The lowest BCUT2D eigenvalue weighted by Gasteiger charge is -2.10. The van der Waals surface area contributed by atoms with Crippen LogP contribution in [0.2, 0.25) is 0 Å². The summed E-state index contributed by atoms with van der Waals surface area (Å²) in [7, 11) is 3.19. The highest BCUT2D eigenvalue weighted by atomic mass is 16.5. The van der Waals surface area contributed by atoms with Crippen LogP contribution in [0, 0.1) is 6.92 Å². The van der Waals surface area contributed by atoms with E-state index in [2.05, 4.69) is 0 Å². The summed E-state index contributed by atoms with van der Waals surface area (Å²) in [5.74, 6) is 1.70. The van der Waals surface area contributed by atoms with Crippen LogP contribution in [0.1, 0.15) is 17.5 Å². The number of aryl methyl sites for hydroxylation is 2. The Morgan fingerprint density at radius 2 is 1.68 bits per heavy atom. The molecule has 2 aromatic carbocycles. The van der Waals surface area contributed by atoms with E-state index in [1.54, 1.807) is 20.3 Å². The molecule has 0 saturated heterocycles. The molecule has 0 radical (unpaired) electrons. The second kappa shape index (κ2) is 7.50. The van der Waals surface area contributed by atoms with Crippen molar-refractivity contribution in [2.45, 2.75) is 19.8 Å². The van der Waals surface area contributed by atoms with E-state index in [0.717, 1.165) is 11.1 Å². The molecule has 2 aromatic rings. The largest absolute Gasteiger partial charge is 0.493 e. The Balaban J connectivity index is 1.95. The molecular weight excluding hydrogens is 280 g/mol. The van der Waals surface area contributed by atoms with Gasteiger partial charge in [-0.1, -0.05) is 24.3 Å². The summed E-state index contributed by atoms with van der Waals surface area (Å²) < 4.78 is 15.8. The van der Waals surface area contributed by atoms with Gasteiger partial charge in [0.2, 0.25) is 0 Å². The Morgan fingerprint density at radius 1 is 0.955 bits per heavy atom. The minimum Gasteiger partial charge on any atom is -0.493 e. The molecule has 2 rings (SSSR count). The van der Waals surface area contributed by atoms with E-state index in [1.165, 1.54) is 0 Å². The molecule has 4 nitrogen and oxygen atoms in total. The zero-order valence-corrected chi connectivity index (χ0v) is 13.1. The fourth-order valence-corrected chi connectivity index (χ4v) is 2.13. The van der Waals surface area contributed by atoms with Gasteiger partial charge in [-0.15, -0.1) is 0 Å². The molecule has 0 aromatic heterocycles. The first kappa shape index (κ1) is 15.9. The number of carbonyl (C=O) groups is 1. The Hall–Kier alpha value is -2.49. The van der Waals surface area contributed by atoms with E-state index in [0.29, 0.717) is 30.1 Å². The van der Waals surface area contributed by atoms with E-state index in [9.17, 15) is 4.79 Å². The molecule has 0 atom stereocenters. The summed E-state index contributed by atoms with van der Waals surface area (Å²) in [5.41, 5.74) is 1.95. The highest BCUT2D eigenvalue weighted by molar-refractivity contribution is 5.73. The van der Waals surface area contributed by atoms with Crippen molar-refractivity contribution in [1.82, 2.24) is 0 Å². The van der Waals surface area contributed by atoms with Gasteiger partial charge in [-0.2, -0.15) is 0 Å². The lowest BCUT2D eigenvalue weighted by atomic mass is 10.1. The Bertz CT molecular complexity index is 649. The van der Waals surface area contributed by atoms with Crippen molar-refractivity contribution >= 4 is 5.97 Å². The van der Waals surface area contributed by atoms with Gasteiger partial charge in [0.05, 0.1) is 14.2 Å². The summed E-state index contributed by atoms with van der Waals surface area (Å²) in [6, 6.07) is 13.1. The number of rotatable bonds is 6. The molecule has 0 aliphatic heterocycles. The maximum Gasteiger partial charge on any atom is 0.311 e. The molecule has 0 unspecified atom stereocenters. The summed E-state index contributed by atoms with van der Waals surface area (Å²) in [6.45, 7) is 1.91. The molecule has 0 heterocycles. The number of carbonyl (C=O) groups excluding carboxylic acids is 1. The van der Waals surface area contributed by atoms with Crippen molar-refractivity contribution in [3.63, 3.8) is 0 Å². The summed E-state index contributed by atoms with van der Waals surface area (Å²) in [4.78, 5) is 11.9. The van der Waals surface area contributed by atoms with Crippen molar-refractivity contribution in [3.05, 3.63) is 53.6 Å². The molecule has 0 saturated carbocycles.